The van der Waals surface area contributed by atoms with Crippen LogP contribution in [0.15, 0.2) is 35.2 Å². The van der Waals surface area contributed by atoms with Crippen molar-refractivity contribution in [1.82, 2.24) is 0 Å². The minimum atomic E-state index is -0.171. The van der Waals surface area contributed by atoms with Crippen LogP contribution in [0.3, 0.4) is 0 Å². The van der Waals surface area contributed by atoms with Crippen LogP contribution in [0, 0.1) is 0 Å². The summed E-state index contributed by atoms with van der Waals surface area (Å²) in [6.45, 7) is 7.84. The Morgan fingerprint density at radius 2 is 1.83 bits per heavy atom. The van der Waals surface area contributed by atoms with Gasteiger partial charge in [0.15, 0.2) is 0 Å². The van der Waals surface area contributed by atoms with Crippen molar-refractivity contribution in [2.75, 3.05) is 0 Å². The number of rotatable bonds is 3. The highest BCUT2D eigenvalue weighted by atomic mass is 19.1. The first-order chi connectivity index (χ1) is 5.57. The molecule has 0 fully saturated rings. The lowest BCUT2D eigenvalue weighted by Gasteiger charge is -1.94. The first kappa shape index (κ1) is 11.2. The fourth-order valence-corrected chi connectivity index (χ4v) is 0.630. The van der Waals surface area contributed by atoms with Crippen LogP contribution < -0.4 is 0 Å². The van der Waals surface area contributed by atoms with Crippen LogP contribution in [0.25, 0.3) is 0 Å². The van der Waals surface area contributed by atoms with Gasteiger partial charge in [-0.05, 0) is 44.9 Å². The molecule has 0 saturated heterocycles. The van der Waals surface area contributed by atoms with Gasteiger partial charge in [-0.15, -0.1) is 0 Å². The maximum Gasteiger partial charge on any atom is 0.123 e. The van der Waals surface area contributed by atoms with Crippen LogP contribution in [-0.4, -0.2) is 0 Å². The Bertz CT molecular complexity index is 215. The summed E-state index contributed by atoms with van der Waals surface area (Å²) in [6.07, 6.45) is 5.74. The van der Waals surface area contributed by atoms with E-state index < -0.39 is 0 Å². The normalized spacial score (nSPS) is 12.2. The lowest BCUT2D eigenvalue weighted by molar-refractivity contribution is 0.665. The van der Waals surface area contributed by atoms with Gasteiger partial charge in [-0.25, -0.2) is 4.39 Å². The van der Waals surface area contributed by atoms with Crippen molar-refractivity contribution in [1.29, 1.82) is 0 Å². The first-order valence-electron chi connectivity index (χ1n) is 4.25. The van der Waals surface area contributed by atoms with Crippen molar-refractivity contribution in [3.05, 3.63) is 35.2 Å². The van der Waals surface area contributed by atoms with E-state index in [1.54, 1.807) is 6.08 Å². The third-order valence-corrected chi connectivity index (χ3v) is 1.66. The molecule has 0 saturated carbocycles. The molecule has 0 N–H and O–H groups in total. The molecular weight excluding hydrogens is 151 g/mol. The van der Waals surface area contributed by atoms with E-state index in [1.807, 2.05) is 33.8 Å². The summed E-state index contributed by atoms with van der Waals surface area (Å²) in [5.41, 5.74) is 2.14. The average molecular weight is 168 g/mol. The van der Waals surface area contributed by atoms with Crippen molar-refractivity contribution in [2.45, 2.75) is 34.1 Å². The molecule has 0 aliphatic heterocycles. The minimum absolute atomic E-state index is 0.171. The Morgan fingerprint density at radius 3 is 2.25 bits per heavy atom. The van der Waals surface area contributed by atoms with Crippen LogP contribution in [0.1, 0.15) is 34.1 Å². The predicted molar refractivity (Wildman–Crippen MR) is 52.7 cm³/mol. The van der Waals surface area contributed by atoms with Crippen molar-refractivity contribution >= 4 is 0 Å². The fraction of sp³-hybridized carbons (Fsp3) is 0.455. The lowest BCUT2D eigenvalue weighted by atomic mass is 10.1. The van der Waals surface area contributed by atoms with E-state index in [0.29, 0.717) is 0 Å². The summed E-state index contributed by atoms with van der Waals surface area (Å²) in [4.78, 5) is 0. The van der Waals surface area contributed by atoms with Crippen molar-refractivity contribution < 1.29 is 4.39 Å². The zero-order valence-electron chi connectivity index (χ0n) is 8.32. The molecule has 0 aliphatic rings. The van der Waals surface area contributed by atoms with E-state index in [9.17, 15) is 4.39 Å². The Morgan fingerprint density at radius 1 is 1.25 bits per heavy atom. The summed E-state index contributed by atoms with van der Waals surface area (Å²) in [5, 5.41) is 0. The van der Waals surface area contributed by atoms with Crippen LogP contribution in [0.2, 0.25) is 0 Å². The maximum absolute atomic E-state index is 12.9. The number of hydrogen-bond acceptors (Lipinski definition) is 0. The molecular formula is C11H17F. The van der Waals surface area contributed by atoms with Crippen LogP contribution >= 0.6 is 0 Å². The molecule has 1 heteroatoms. The Hall–Kier alpha value is -0.850. The molecule has 0 unspecified atom stereocenters. The highest BCUT2D eigenvalue weighted by molar-refractivity contribution is 5.27. The molecule has 0 heterocycles. The number of hydrogen-bond donors (Lipinski definition) is 0. The predicted octanol–water partition coefficient (Wildman–Crippen LogP) is 4.16. The third-order valence-electron chi connectivity index (χ3n) is 1.66. The summed E-state index contributed by atoms with van der Waals surface area (Å²) >= 11 is 0. The zero-order valence-corrected chi connectivity index (χ0v) is 8.32. The highest BCUT2D eigenvalue weighted by Gasteiger charge is 1.90. The molecule has 0 aromatic carbocycles. The van der Waals surface area contributed by atoms with Gasteiger partial charge >= 0.3 is 0 Å². The van der Waals surface area contributed by atoms with Crippen LogP contribution in [0.5, 0.6) is 0 Å². The maximum atomic E-state index is 12.9. The monoisotopic (exact) mass is 168 g/mol. The van der Waals surface area contributed by atoms with Crippen LogP contribution in [0.4, 0.5) is 4.39 Å². The molecule has 0 spiro atoms. The van der Waals surface area contributed by atoms with Crippen molar-refractivity contribution in [3.63, 3.8) is 0 Å². The van der Waals surface area contributed by atoms with Crippen molar-refractivity contribution in [3.8, 4) is 0 Å². The topological polar surface area (TPSA) is 0 Å². The van der Waals surface area contributed by atoms with Crippen LogP contribution in [-0.2, 0) is 0 Å². The molecule has 0 amide bonds. The largest absolute Gasteiger partial charge is 0.207 e. The second-order valence-electron chi connectivity index (χ2n) is 3.02. The minimum Gasteiger partial charge on any atom is -0.207 e. The lowest BCUT2D eigenvalue weighted by Crippen LogP contribution is -1.75. The SMILES string of the molecule is CC/C=C/C(F)=C\C(C)=C(C)C. The third kappa shape index (κ3) is 4.89. The zero-order chi connectivity index (χ0) is 9.56. The Kier molecular flexibility index (Phi) is 5.35. The molecule has 0 rings (SSSR count). The summed E-state index contributed by atoms with van der Waals surface area (Å²) in [7, 11) is 0. The highest BCUT2D eigenvalue weighted by Crippen LogP contribution is 2.09. The number of halogens is 1. The van der Waals surface area contributed by atoms with E-state index in [1.165, 1.54) is 6.08 Å². The fourth-order valence-electron chi connectivity index (χ4n) is 0.630. The molecule has 0 atom stereocenters. The van der Waals surface area contributed by atoms with E-state index in [2.05, 4.69) is 0 Å². The summed E-state index contributed by atoms with van der Waals surface area (Å²) < 4.78 is 12.9. The second-order valence-corrected chi connectivity index (χ2v) is 3.02. The van der Waals surface area contributed by atoms with Gasteiger partial charge in [0.2, 0.25) is 0 Å². The van der Waals surface area contributed by atoms with Gasteiger partial charge in [0.05, 0.1) is 0 Å². The number of allylic oxidation sites excluding steroid dienone is 6. The molecule has 0 radical (unpaired) electrons. The van der Waals surface area contributed by atoms with E-state index in [-0.39, 0.29) is 5.83 Å². The van der Waals surface area contributed by atoms with E-state index in [0.717, 1.165) is 17.6 Å². The Labute approximate surface area is 74.5 Å². The molecule has 68 valence electrons. The van der Waals surface area contributed by atoms with Gasteiger partial charge in [0, 0.05) is 0 Å². The van der Waals surface area contributed by atoms with Gasteiger partial charge in [0.25, 0.3) is 0 Å². The van der Waals surface area contributed by atoms with Gasteiger partial charge in [0.1, 0.15) is 5.83 Å². The summed E-state index contributed by atoms with van der Waals surface area (Å²) in [6, 6.07) is 0. The van der Waals surface area contributed by atoms with Gasteiger partial charge in [-0.2, -0.15) is 0 Å². The van der Waals surface area contributed by atoms with E-state index >= 15 is 0 Å². The first-order valence-corrected chi connectivity index (χ1v) is 4.25. The average Bonchev–Trinajstić information content (AvgIpc) is 2.00. The molecule has 0 aliphatic carbocycles. The molecule has 0 nitrogen and oxygen atoms in total. The molecule has 12 heavy (non-hydrogen) atoms. The Balaban J connectivity index is 4.37. The molecule has 0 aromatic heterocycles. The van der Waals surface area contributed by atoms with Gasteiger partial charge in [-0.3, -0.25) is 0 Å². The van der Waals surface area contributed by atoms with Gasteiger partial charge in [-0.1, -0.05) is 18.6 Å². The van der Waals surface area contributed by atoms with Crippen molar-refractivity contribution in [2.24, 2.45) is 0 Å². The molecule has 0 bridgehead atoms. The smallest absolute Gasteiger partial charge is 0.123 e. The standard InChI is InChI=1S/C11H17F/c1-5-6-7-11(12)8-10(4)9(2)3/h6-8H,5H2,1-4H3/b7-6+,11-8+. The summed E-state index contributed by atoms with van der Waals surface area (Å²) in [5.74, 6) is -0.171. The quantitative estimate of drug-likeness (QED) is 0.555. The van der Waals surface area contributed by atoms with E-state index in [4.69, 9.17) is 0 Å². The second kappa shape index (κ2) is 5.76. The molecule has 0 aromatic rings. The van der Waals surface area contributed by atoms with Gasteiger partial charge < -0.3 is 0 Å².